The van der Waals surface area contributed by atoms with Gasteiger partial charge in [-0.15, -0.1) is 6.04 Å². The second-order valence-electron chi connectivity index (χ2n) is 17.8. The molecule has 282 valence electrons. The summed E-state index contributed by atoms with van der Waals surface area (Å²) in [6, 6.07) is 5.16. The molecule has 11 heteroatoms. The van der Waals surface area contributed by atoms with Crippen LogP contribution in [-0.4, -0.2) is 42.8 Å². The minimum absolute atomic E-state index is 0. The Morgan fingerprint density at radius 2 is 1.38 bits per heavy atom. The summed E-state index contributed by atoms with van der Waals surface area (Å²) < 4.78 is 28.5. The molecule has 0 aromatic heterocycles. The maximum absolute atomic E-state index is 14.3. The Kier molecular flexibility index (Phi) is 16.4. The van der Waals surface area contributed by atoms with Gasteiger partial charge in [0, 0.05) is 25.1 Å². The molecule has 1 aromatic carbocycles. The van der Waals surface area contributed by atoms with Crippen molar-refractivity contribution >= 4 is 60.6 Å². The zero-order valence-electron chi connectivity index (χ0n) is 33.0. The molecule has 3 unspecified atom stereocenters. The van der Waals surface area contributed by atoms with Gasteiger partial charge >= 0.3 is 35.6 Å². The standard InChI is InChI=1S/C19H33FNSi2.C19H30FNSi2.CH3.2ClH.Ti/c2*1-14-12-16-17(13-14)19(11-10-18(16)20)22(2,3)23(4,5)21-15-8-6-7-9-15;;;;/h10-11,14-17H,6-9,12-13H2,1-5H3;10-12,15,21H,6-9,13H2,1-5H3;1H3;2*1H;/q-1;;-1;;;+2/p-2. The first-order chi connectivity index (χ1) is 22.9. The number of nitrogens with zero attached hydrogens (tertiary/aromatic N) is 1. The Morgan fingerprint density at radius 1 is 0.820 bits per heavy atom. The molecule has 1 aromatic rings. The minimum atomic E-state index is -1.66. The molecular formula is C39H66Cl2F2N2Si4Ti-2. The SMILES string of the molecule is CC1=Cc2c(F)ccc([Si](C)(C)[Si](C)(C)NC3CCCC3)c2C1.CC1CC2C(F)=CC=C([Si](C)(C)[Si](C)(C)[N-]C3CCCC3)C2C1.[CH3-].[Cl][Ti][Cl]. The van der Waals surface area contributed by atoms with Crippen LogP contribution in [0.15, 0.2) is 40.9 Å². The fraction of sp³-hybridized carbons (Fsp3) is 0.667. The van der Waals surface area contributed by atoms with Crippen molar-refractivity contribution in [3.63, 3.8) is 0 Å². The Labute approximate surface area is 326 Å². The van der Waals surface area contributed by atoms with Gasteiger partial charge < -0.3 is 17.4 Å². The Morgan fingerprint density at radius 3 is 1.98 bits per heavy atom. The third-order valence-electron chi connectivity index (χ3n) is 13.4. The van der Waals surface area contributed by atoms with Crippen molar-refractivity contribution in [3.8, 4) is 0 Å². The fourth-order valence-corrected chi connectivity index (χ4v) is 25.9. The second kappa shape index (κ2) is 18.3. The molecule has 6 rings (SSSR count). The van der Waals surface area contributed by atoms with Crippen LogP contribution in [0.3, 0.4) is 0 Å². The van der Waals surface area contributed by atoms with Crippen molar-refractivity contribution in [1.82, 2.24) is 4.98 Å². The molecule has 5 aliphatic rings. The molecule has 50 heavy (non-hydrogen) atoms. The first kappa shape index (κ1) is 44.8. The molecule has 3 atom stereocenters. The molecule has 0 bridgehead atoms. The number of halogens is 4. The van der Waals surface area contributed by atoms with E-state index in [2.05, 4.69) is 89.4 Å². The Balaban J connectivity index is 0.000000246. The summed E-state index contributed by atoms with van der Waals surface area (Å²) in [5, 5.41) is 3.12. The predicted molar refractivity (Wildman–Crippen MR) is 225 cm³/mol. The Hall–Kier alpha value is 0.382. The first-order valence-corrected chi connectivity index (χ1v) is 37.1. The zero-order valence-corrected chi connectivity index (χ0v) is 40.1. The van der Waals surface area contributed by atoms with E-state index in [4.69, 9.17) is 23.6 Å². The summed E-state index contributed by atoms with van der Waals surface area (Å²) in [6.45, 7) is 24.5. The van der Waals surface area contributed by atoms with E-state index in [9.17, 15) is 8.78 Å². The molecule has 0 radical (unpaired) electrons. The van der Waals surface area contributed by atoms with Gasteiger partial charge in [-0.2, -0.15) is 0 Å². The quantitative estimate of drug-likeness (QED) is 0.205. The van der Waals surface area contributed by atoms with Crippen molar-refractivity contribution in [1.29, 1.82) is 0 Å². The second-order valence-corrected chi connectivity index (χ2v) is 49.8. The normalized spacial score (nSPS) is 24.1. The molecule has 0 amide bonds. The van der Waals surface area contributed by atoms with Crippen molar-refractivity contribution < 1.29 is 25.8 Å². The van der Waals surface area contributed by atoms with Gasteiger partial charge in [0.05, 0.1) is 7.59 Å². The number of nitrogens with one attached hydrogen (secondary N) is 1. The number of rotatable bonds is 8. The maximum atomic E-state index is 14.3. The number of benzene rings is 1. The van der Waals surface area contributed by atoms with E-state index in [0.29, 0.717) is 17.9 Å². The fourth-order valence-electron chi connectivity index (χ4n) is 9.28. The van der Waals surface area contributed by atoms with Crippen LogP contribution in [0.5, 0.6) is 0 Å². The number of allylic oxidation sites excluding steroid dienone is 5. The number of hydrogen-bond donors (Lipinski definition) is 1. The van der Waals surface area contributed by atoms with Crippen molar-refractivity contribution in [2.75, 3.05) is 0 Å². The monoisotopic (exact) mass is 830 g/mol. The molecule has 1 N–H and O–H groups in total. The molecular weight excluding hydrogens is 766 g/mol. The molecule has 0 spiro atoms. The van der Waals surface area contributed by atoms with Gasteiger partial charge in [-0.1, -0.05) is 140 Å². The average Bonchev–Trinajstić information content (AvgIpc) is 3.82. The van der Waals surface area contributed by atoms with Crippen LogP contribution in [0.4, 0.5) is 8.78 Å². The van der Waals surface area contributed by atoms with Crippen molar-refractivity contribution in [2.45, 2.75) is 149 Å². The molecule has 0 aliphatic heterocycles. The molecule has 0 saturated heterocycles. The predicted octanol–water partition coefficient (Wildman–Crippen LogP) is 12.6. The topological polar surface area (TPSA) is 26.1 Å². The van der Waals surface area contributed by atoms with E-state index in [1.807, 2.05) is 0 Å². The van der Waals surface area contributed by atoms with Gasteiger partial charge in [0.1, 0.15) is 19.4 Å². The van der Waals surface area contributed by atoms with E-state index >= 15 is 0 Å². The molecule has 3 fully saturated rings. The van der Waals surface area contributed by atoms with Crippen LogP contribution in [0.25, 0.3) is 11.1 Å². The molecule has 5 aliphatic carbocycles. The van der Waals surface area contributed by atoms with Gasteiger partial charge in [-0.05, 0) is 68.6 Å². The van der Waals surface area contributed by atoms with E-state index in [1.165, 1.54) is 74.1 Å². The van der Waals surface area contributed by atoms with E-state index < -0.39 is 47.7 Å². The Bertz CT molecular complexity index is 1400. The van der Waals surface area contributed by atoms with Crippen molar-refractivity contribution in [2.24, 2.45) is 17.8 Å². The van der Waals surface area contributed by atoms with E-state index in [1.54, 1.807) is 17.3 Å². The van der Waals surface area contributed by atoms with Crippen LogP contribution < -0.4 is 10.2 Å². The van der Waals surface area contributed by atoms with Crippen LogP contribution in [0, 0.1) is 31.0 Å². The molecule has 3 saturated carbocycles. The van der Waals surface area contributed by atoms with Gasteiger partial charge in [-0.25, -0.2) is 8.78 Å². The first-order valence-electron chi connectivity index (χ1n) is 18.9. The van der Waals surface area contributed by atoms with Crippen LogP contribution >= 0.6 is 18.6 Å². The van der Waals surface area contributed by atoms with Crippen LogP contribution in [0.2, 0.25) is 52.4 Å². The average molecular weight is 832 g/mol. The summed E-state index contributed by atoms with van der Waals surface area (Å²) in [5.41, 5.74) is 3.44. The van der Waals surface area contributed by atoms with Crippen LogP contribution in [-0.2, 0) is 23.5 Å². The summed E-state index contributed by atoms with van der Waals surface area (Å²) in [7, 11) is 3.28. The van der Waals surface area contributed by atoms with Gasteiger partial charge in [0.15, 0.2) is 0 Å². The third-order valence-corrected chi connectivity index (χ3v) is 46.5. The van der Waals surface area contributed by atoms with Crippen molar-refractivity contribution in [3.05, 3.63) is 70.2 Å². The van der Waals surface area contributed by atoms with E-state index in [0.717, 1.165) is 24.4 Å². The summed E-state index contributed by atoms with van der Waals surface area (Å²) in [5.74, 6) is 1.40. The summed E-state index contributed by atoms with van der Waals surface area (Å²) >= 11 is -0.556. The number of fused-ring (bicyclic) bond motifs is 2. The van der Waals surface area contributed by atoms with Gasteiger partial charge in [0.25, 0.3) is 0 Å². The van der Waals surface area contributed by atoms with Crippen LogP contribution in [0.1, 0.15) is 89.2 Å². The molecule has 2 nitrogen and oxygen atoms in total. The number of hydrogen-bond acceptors (Lipinski definition) is 1. The summed E-state index contributed by atoms with van der Waals surface area (Å²) in [4.78, 5) is 9.55. The van der Waals surface area contributed by atoms with Gasteiger partial charge in [-0.3, -0.25) is 0 Å². The molecule has 0 heterocycles. The third kappa shape index (κ3) is 9.97. The zero-order chi connectivity index (χ0) is 36.4. The van der Waals surface area contributed by atoms with Gasteiger partial charge in [0.2, 0.25) is 0 Å². The van der Waals surface area contributed by atoms with E-state index in [-0.39, 0.29) is 25.0 Å². The summed E-state index contributed by atoms with van der Waals surface area (Å²) in [6.07, 6.45) is 19.9.